The average Bonchev–Trinajstić information content (AvgIpc) is 2.05. The number of hydrogen-bond acceptors (Lipinski definition) is 0. The van der Waals surface area contributed by atoms with Gasteiger partial charge in [0.2, 0.25) is 0 Å². The van der Waals surface area contributed by atoms with Gasteiger partial charge in [-0.25, -0.2) is 4.58 Å². The summed E-state index contributed by atoms with van der Waals surface area (Å²) < 4.78 is 2.01. The van der Waals surface area contributed by atoms with E-state index in [9.17, 15) is 0 Å². The molecular formula is C11H14N+. The Morgan fingerprint density at radius 1 is 1.08 bits per heavy atom. The van der Waals surface area contributed by atoms with Crippen molar-refractivity contribution in [3.8, 4) is 0 Å². The highest BCUT2D eigenvalue weighted by atomic mass is 14.9. The van der Waals surface area contributed by atoms with Crippen LogP contribution in [0.4, 0.5) is 0 Å². The van der Waals surface area contributed by atoms with Crippen molar-refractivity contribution in [1.82, 2.24) is 0 Å². The van der Waals surface area contributed by atoms with Crippen LogP contribution in [0.15, 0.2) is 36.4 Å². The van der Waals surface area contributed by atoms with Gasteiger partial charge in [-0.1, -0.05) is 30.3 Å². The quantitative estimate of drug-likeness (QED) is 0.460. The van der Waals surface area contributed by atoms with Crippen LogP contribution in [0.2, 0.25) is 0 Å². The van der Waals surface area contributed by atoms with Crippen LogP contribution in [0.25, 0.3) is 6.08 Å². The molecule has 0 heterocycles. The van der Waals surface area contributed by atoms with Crippen LogP contribution in [0.1, 0.15) is 5.56 Å². The smallest absolute Gasteiger partial charge is 0.162 e. The topological polar surface area (TPSA) is 3.01 Å². The van der Waals surface area contributed by atoms with Gasteiger partial charge in [0.05, 0.1) is 0 Å². The Bertz CT molecular complexity index is 279. The van der Waals surface area contributed by atoms with Crippen LogP contribution in [0.3, 0.4) is 0 Å². The number of allylic oxidation sites excluding steroid dienone is 1. The molecule has 0 spiro atoms. The SMILES string of the molecule is C[N+](C)=C/C=C/c1ccccc1. The summed E-state index contributed by atoms with van der Waals surface area (Å²) in [5.41, 5.74) is 1.23. The zero-order chi connectivity index (χ0) is 8.81. The van der Waals surface area contributed by atoms with Gasteiger partial charge in [-0.2, -0.15) is 0 Å². The molecule has 0 atom stereocenters. The standard InChI is InChI=1S/C11H14N/c1-12(2)10-6-9-11-7-4-3-5-8-11/h3-10H,1-2H3/q+1/b9-6+. The monoisotopic (exact) mass is 160 g/mol. The molecule has 0 unspecified atom stereocenters. The summed E-state index contributed by atoms with van der Waals surface area (Å²) in [4.78, 5) is 0. The second kappa shape index (κ2) is 4.50. The van der Waals surface area contributed by atoms with Crippen molar-refractivity contribution in [2.75, 3.05) is 14.1 Å². The highest BCUT2D eigenvalue weighted by Gasteiger charge is 1.81. The number of benzene rings is 1. The molecule has 12 heavy (non-hydrogen) atoms. The van der Waals surface area contributed by atoms with Crippen molar-refractivity contribution in [2.24, 2.45) is 0 Å². The van der Waals surface area contributed by atoms with Gasteiger partial charge < -0.3 is 0 Å². The highest BCUT2D eigenvalue weighted by Crippen LogP contribution is 1.99. The van der Waals surface area contributed by atoms with Crippen LogP contribution in [-0.2, 0) is 0 Å². The molecule has 0 N–H and O–H groups in total. The Morgan fingerprint density at radius 2 is 1.75 bits per heavy atom. The lowest BCUT2D eigenvalue weighted by Gasteiger charge is -1.87. The summed E-state index contributed by atoms with van der Waals surface area (Å²) in [7, 11) is 4.02. The van der Waals surface area contributed by atoms with Crippen molar-refractivity contribution in [1.29, 1.82) is 0 Å². The lowest BCUT2D eigenvalue weighted by molar-refractivity contribution is -0.458. The van der Waals surface area contributed by atoms with Crippen molar-refractivity contribution >= 4 is 12.3 Å². The van der Waals surface area contributed by atoms with Crippen LogP contribution in [-0.4, -0.2) is 24.9 Å². The number of nitrogens with zero attached hydrogens (tertiary/aromatic N) is 1. The van der Waals surface area contributed by atoms with Crippen LogP contribution in [0, 0.1) is 0 Å². The third-order valence-electron chi connectivity index (χ3n) is 1.47. The van der Waals surface area contributed by atoms with Crippen LogP contribution < -0.4 is 0 Å². The fourth-order valence-corrected chi connectivity index (χ4v) is 0.890. The van der Waals surface area contributed by atoms with E-state index in [1.54, 1.807) is 0 Å². The fraction of sp³-hybridized carbons (Fsp3) is 0.182. The zero-order valence-corrected chi connectivity index (χ0v) is 7.57. The minimum atomic E-state index is 1.23. The Hall–Kier alpha value is -1.37. The first-order chi connectivity index (χ1) is 5.79. The van der Waals surface area contributed by atoms with Crippen molar-refractivity contribution < 1.29 is 4.58 Å². The largest absolute Gasteiger partial charge is 0.241 e. The predicted octanol–water partition coefficient (Wildman–Crippen LogP) is 2.04. The van der Waals surface area contributed by atoms with Gasteiger partial charge in [0.25, 0.3) is 0 Å². The Morgan fingerprint density at radius 3 is 2.33 bits per heavy atom. The third kappa shape index (κ3) is 3.15. The normalized spacial score (nSPS) is 10.2. The predicted molar refractivity (Wildman–Crippen MR) is 53.6 cm³/mol. The lowest BCUT2D eigenvalue weighted by Crippen LogP contribution is -1.94. The maximum absolute atomic E-state index is 2.08. The summed E-state index contributed by atoms with van der Waals surface area (Å²) in [6.45, 7) is 0. The minimum Gasteiger partial charge on any atom is -0.241 e. The van der Waals surface area contributed by atoms with Gasteiger partial charge in [0, 0.05) is 6.08 Å². The summed E-state index contributed by atoms with van der Waals surface area (Å²) in [6, 6.07) is 10.3. The molecule has 0 aliphatic carbocycles. The molecule has 0 saturated carbocycles. The van der Waals surface area contributed by atoms with Gasteiger partial charge in [0.1, 0.15) is 14.1 Å². The molecule has 62 valence electrons. The molecule has 0 aromatic heterocycles. The zero-order valence-electron chi connectivity index (χ0n) is 7.57. The molecule has 0 saturated heterocycles. The first-order valence-corrected chi connectivity index (χ1v) is 4.02. The van der Waals surface area contributed by atoms with E-state index < -0.39 is 0 Å². The summed E-state index contributed by atoms with van der Waals surface area (Å²) in [5, 5.41) is 0. The molecule has 0 fully saturated rings. The van der Waals surface area contributed by atoms with E-state index in [1.807, 2.05) is 49.2 Å². The summed E-state index contributed by atoms with van der Waals surface area (Å²) >= 11 is 0. The molecule has 0 aliphatic heterocycles. The molecule has 0 bridgehead atoms. The van der Waals surface area contributed by atoms with Crippen LogP contribution in [0.5, 0.6) is 0 Å². The molecule has 0 radical (unpaired) electrons. The fourth-order valence-electron chi connectivity index (χ4n) is 0.890. The van der Waals surface area contributed by atoms with Crippen molar-refractivity contribution in [2.45, 2.75) is 0 Å². The van der Waals surface area contributed by atoms with Gasteiger partial charge in [-0.05, 0) is 11.6 Å². The summed E-state index contributed by atoms with van der Waals surface area (Å²) in [6.07, 6.45) is 6.14. The highest BCUT2D eigenvalue weighted by molar-refractivity contribution is 5.74. The van der Waals surface area contributed by atoms with E-state index >= 15 is 0 Å². The Labute approximate surface area is 73.7 Å². The first-order valence-electron chi connectivity index (χ1n) is 4.02. The van der Waals surface area contributed by atoms with E-state index in [4.69, 9.17) is 0 Å². The minimum absolute atomic E-state index is 1.23. The third-order valence-corrected chi connectivity index (χ3v) is 1.47. The molecule has 1 aromatic rings. The van der Waals surface area contributed by atoms with Gasteiger partial charge in [-0.15, -0.1) is 0 Å². The second-order valence-corrected chi connectivity index (χ2v) is 2.88. The molecule has 1 aromatic carbocycles. The molecule has 0 amide bonds. The van der Waals surface area contributed by atoms with E-state index in [0.29, 0.717) is 0 Å². The van der Waals surface area contributed by atoms with E-state index in [-0.39, 0.29) is 0 Å². The number of hydrogen-bond donors (Lipinski definition) is 0. The van der Waals surface area contributed by atoms with Gasteiger partial charge in [0.15, 0.2) is 6.21 Å². The molecule has 1 rings (SSSR count). The van der Waals surface area contributed by atoms with Crippen molar-refractivity contribution in [3.05, 3.63) is 42.0 Å². The van der Waals surface area contributed by atoms with Crippen LogP contribution >= 0.6 is 0 Å². The van der Waals surface area contributed by atoms with Gasteiger partial charge in [-0.3, -0.25) is 0 Å². The van der Waals surface area contributed by atoms with Gasteiger partial charge >= 0.3 is 0 Å². The number of rotatable bonds is 2. The Kier molecular flexibility index (Phi) is 3.27. The van der Waals surface area contributed by atoms with E-state index in [0.717, 1.165) is 0 Å². The average molecular weight is 160 g/mol. The van der Waals surface area contributed by atoms with E-state index in [2.05, 4.69) is 18.2 Å². The lowest BCUT2D eigenvalue weighted by atomic mass is 10.2. The molecule has 1 nitrogen and oxygen atoms in total. The Balaban J connectivity index is 2.64. The molecular weight excluding hydrogens is 146 g/mol. The maximum atomic E-state index is 2.08. The maximum Gasteiger partial charge on any atom is 0.162 e. The molecule has 1 heteroatoms. The molecule has 0 aliphatic rings. The second-order valence-electron chi connectivity index (χ2n) is 2.88. The van der Waals surface area contributed by atoms with E-state index in [1.165, 1.54) is 5.56 Å². The van der Waals surface area contributed by atoms with Crippen molar-refractivity contribution in [3.63, 3.8) is 0 Å². The first kappa shape index (κ1) is 8.72. The summed E-state index contributed by atoms with van der Waals surface area (Å²) in [5.74, 6) is 0.